The standard InChI is InChI=1S/C15H20ClN/c1-17-9-8-11-6-7-14(16)13-5-3-2-4-12(10-17)15(11)13/h6-7,12H,2-5,8-10H2,1H3. The van der Waals surface area contributed by atoms with Gasteiger partial charge in [0.15, 0.2) is 0 Å². The molecule has 1 unspecified atom stereocenters. The van der Waals surface area contributed by atoms with Crippen LogP contribution in [0.15, 0.2) is 12.1 Å². The number of likely N-dealkylation sites (N-methyl/N-ethyl adjacent to an activating group) is 1. The van der Waals surface area contributed by atoms with Gasteiger partial charge in [0.2, 0.25) is 0 Å². The van der Waals surface area contributed by atoms with Gasteiger partial charge < -0.3 is 4.90 Å². The van der Waals surface area contributed by atoms with E-state index in [4.69, 9.17) is 11.6 Å². The van der Waals surface area contributed by atoms with Crippen molar-refractivity contribution >= 4 is 11.6 Å². The molecule has 1 aromatic rings. The van der Waals surface area contributed by atoms with Crippen molar-refractivity contribution in [2.45, 2.75) is 38.0 Å². The van der Waals surface area contributed by atoms with E-state index in [0.29, 0.717) is 5.92 Å². The summed E-state index contributed by atoms with van der Waals surface area (Å²) in [4.78, 5) is 2.48. The molecule has 1 aliphatic carbocycles. The fraction of sp³-hybridized carbons (Fsp3) is 0.600. The summed E-state index contributed by atoms with van der Waals surface area (Å²) < 4.78 is 0. The molecular weight excluding hydrogens is 230 g/mol. The van der Waals surface area contributed by atoms with Crippen LogP contribution in [-0.2, 0) is 12.8 Å². The molecule has 0 amide bonds. The van der Waals surface area contributed by atoms with E-state index in [1.807, 2.05) is 0 Å². The zero-order chi connectivity index (χ0) is 11.8. The molecular formula is C15H20ClN. The van der Waals surface area contributed by atoms with Gasteiger partial charge in [0, 0.05) is 18.1 Å². The Bertz CT molecular complexity index is 427. The highest BCUT2D eigenvalue weighted by atomic mass is 35.5. The molecule has 1 atom stereocenters. The molecule has 17 heavy (non-hydrogen) atoms. The van der Waals surface area contributed by atoms with Gasteiger partial charge in [-0.05, 0) is 61.4 Å². The Hall–Kier alpha value is -0.530. The van der Waals surface area contributed by atoms with Gasteiger partial charge in [0.05, 0.1) is 0 Å². The van der Waals surface area contributed by atoms with Crippen molar-refractivity contribution in [3.63, 3.8) is 0 Å². The number of hydrogen-bond donors (Lipinski definition) is 0. The highest BCUT2D eigenvalue weighted by Gasteiger charge is 2.26. The van der Waals surface area contributed by atoms with Gasteiger partial charge in [0.1, 0.15) is 0 Å². The van der Waals surface area contributed by atoms with E-state index >= 15 is 0 Å². The molecule has 0 fully saturated rings. The van der Waals surface area contributed by atoms with E-state index in [-0.39, 0.29) is 0 Å². The number of nitrogens with zero attached hydrogens (tertiary/aromatic N) is 1. The van der Waals surface area contributed by atoms with Crippen LogP contribution in [0.3, 0.4) is 0 Å². The molecule has 1 aliphatic heterocycles. The first kappa shape index (κ1) is 11.6. The van der Waals surface area contributed by atoms with Gasteiger partial charge in [-0.3, -0.25) is 0 Å². The second-order valence-electron chi connectivity index (χ2n) is 5.55. The topological polar surface area (TPSA) is 3.24 Å². The van der Waals surface area contributed by atoms with E-state index in [0.717, 1.165) is 5.02 Å². The van der Waals surface area contributed by atoms with Gasteiger partial charge in [0.25, 0.3) is 0 Å². The Kier molecular flexibility index (Phi) is 3.14. The zero-order valence-corrected chi connectivity index (χ0v) is 11.3. The lowest BCUT2D eigenvalue weighted by Crippen LogP contribution is -2.23. The predicted octanol–water partition coefficient (Wildman–Crippen LogP) is 3.64. The van der Waals surface area contributed by atoms with Crippen molar-refractivity contribution in [2.75, 3.05) is 20.1 Å². The normalized spacial score (nSPS) is 24.9. The van der Waals surface area contributed by atoms with Crippen LogP contribution in [0.2, 0.25) is 5.02 Å². The minimum atomic E-state index is 0.716. The molecule has 0 spiro atoms. The Labute approximate surface area is 109 Å². The van der Waals surface area contributed by atoms with Crippen LogP contribution in [-0.4, -0.2) is 25.0 Å². The maximum atomic E-state index is 6.41. The fourth-order valence-electron chi connectivity index (χ4n) is 3.47. The van der Waals surface area contributed by atoms with Crippen LogP contribution in [0, 0.1) is 0 Å². The van der Waals surface area contributed by atoms with Crippen molar-refractivity contribution in [1.29, 1.82) is 0 Å². The van der Waals surface area contributed by atoms with Crippen molar-refractivity contribution < 1.29 is 0 Å². The van der Waals surface area contributed by atoms with Crippen LogP contribution in [0.1, 0.15) is 41.9 Å². The number of hydrogen-bond acceptors (Lipinski definition) is 1. The molecule has 1 nitrogen and oxygen atoms in total. The molecule has 0 bridgehead atoms. The second kappa shape index (κ2) is 4.62. The summed E-state index contributed by atoms with van der Waals surface area (Å²) in [6, 6.07) is 4.38. The molecule has 92 valence electrons. The van der Waals surface area contributed by atoms with Crippen molar-refractivity contribution in [2.24, 2.45) is 0 Å². The van der Waals surface area contributed by atoms with E-state index in [1.165, 1.54) is 50.8 Å². The smallest absolute Gasteiger partial charge is 0.0441 e. The molecule has 0 aromatic heterocycles. The Morgan fingerprint density at radius 3 is 3.00 bits per heavy atom. The molecule has 0 radical (unpaired) electrons. The lowest BCUT2D eigenvalue weighted by Gasteiger charge is -2.21. The first-order chi connectivity index (χ1) is 8.25. The average Bonchev–Trinajstić information content (AvgIpc) is 2.60. The first-order valence-corrected chi connectivity index (χ1v) is 7.12. The lowest BCUT2D eigenvalue weighted by atomic mass is 9.88. The third kappa shape index (κ3) is 2.11. The van der Waals surface area contributed by atoms with Gasteiger partial charge in [-0.15, -0.1) is 0 Å². The van der Waals surface area contributed by atoms with Gasteiger partial charge in [-0.25, -0.2) is 0 Å². The van der Waals surface area contributed by atoms with Crippen molar-refractivity contribution in [1.82, 2.24) is 4.90 Å². The summed E-state index contributed by atoms with van der Waals surface area (Å²) in [5.41, 5.74) is 4.63. The summed E-state index contributed by atoms with van der Waals surface area (Å²) in [6.07, 6.45) is 6.36. The van der Waals surface area contributed by atoms with Crippen LogP contribution in [0.4, 0.5) is 0 Å². The average molecular weight is 250 g/mol. The van der Waals surface area contributed by atoms with Crippen molar-refractivity contribution in [3.05, 3.63) is 33.8 Å². The van der Waals surface area contributed by atoms with Gasteiger partial charge in [-0.2, -0.15) is 0 Å². The van der Waals surface area contributed by atoms with Crippen LogP contribution in [0.25, 0.3) is 0 Å². The Morgan fingerprint density at radius 1 is 1.24 bits per heavy atom. The predicted molar refractivity (Wildman–Crippen MR) is 72.9 cm³/mol. The molecule has 1 heterocycles. The maximum absolute atomic E-state index is 6.41. The molecule has 1 aromatic carbocycles. The molecule has 3 rings (SSSR count). The minimum absolute atomic E-state index is 0.716. The summed E-state index contributed by atoms with van der Waals surface area (Å²) in [7, 11) is 2.25. The van der Waals surface area contributed by atoms with E-state index in [1.54, 1.807) is 11.1 Å². The third-order valence-corrected chi connectivity index (χ3v) is 4.68. The summed E-state index contributed by atoms with van der Waals surface area (Å²) in [5, 5.41) is 1.00. The molecule has 0 saturated heterocycles. The largest absolute Gasteiger partial charge is 0.305 e. The van der Waals surface area contributed by atoms with Gasteiger partial charge >= 0.3 is 0 Å². The molecule has 2 aliphatic rings. The Morgan fingerprint density at radius 2 is 2.12 bits per heavy atom. The molecule has 0 saturated carbocycles. The fourth-order valence-corrected chi connectivity index (χ4v) is 3.72. The number of benzene rings is 1. The highest BCUT2D eigenvalue weighted by Crippen LogP contribution is 2.38. The maximum Gasteiger partial charge on any atom is 0.0441 e. The lowest BCUT2D eigenvalue weighted by molar-refractivity contribution is 0.318. The van der Waals surface area contributed by atoms with Gasteiger partial charge in [-0.1, -0.05) is 24.1 Å². The summed E-state index contributed by atoms with van der Waals surface area (Å²) in [5.74, 6) is 0.716. The SMILES string of the molecule is CN1CCc2ccc(Cl)c3c2C(CCCC3)C1. The molecule has 0 N–H and O–H groups in total. The highest BCUT2D eigenvalue weighted by molar-refractivity contribution is 6.31. The second-order valence-corrected chi connectivity index (χ2v) is 5.96. The van der Waals surface area contributed by atoms with Crippen LogP contribution < -0.4 is 0 Å². The number of rotatable bonds is 0. The third-order valence-electron chi connectivity index (χ3n) is 4.32. The van der Waals surface area contributed by atoms with E-state index in [9.17, 15) is 0 Å². The first-order valence-electron chi connectivity index (χ1n) is 6.74. The van der Waals surface area contributed by atoms with Crippen LogP contribution >= 0.6 is 11.6 Å². The summed E-state index contributed by atoms with van der Waals surface area (Å²) in [6.45, 7) is 2.39. The Balaban J connectivity index is 2.13. The number of halogens is 1. The zero-order valence-electron chi connectivity index (χ0n) is 10.5. The minimum Gasteiger partial charge on any atom is -0.305 e. The van der Waals surface area contributed by atoms with E-state index < -0.39 is 0 Å². The van der Waals surface area contributed by atoms with Crippen LogP contribution in [0.5, 0.6) is 0 Å². The summed E-state index contributed by atoms with van der Waals surface area (Å²) >= 11 is 6.41. The van der Waals surface area contributed by atoms with E-state index in [2.05, 4.69) is 24.1 Å². The quantitative estimate of drug-likeness (QED) is 0.679. The van der Waals surface area contributed by atoms with Crippen molar-refractivity contribution in [3.8, 4) is 0 Å². The monoisotopic (exact) mass is 249 g/mol. The molecule has 2 heteroatoms.